The Morgan fingerprint density at radius 2 is 0.889 bits per heavy atom. The predicted octanol–water partition coefficient (Wildman–Crippen LogP) is 17.0. The highest BCUT2D eigenvalue weighted by Crippen LogP contribution is 2.53. The van der Waals surface area contributed by atoms with Gasteiger partial charge in [0.25, 0.3) is 0 Å². The van der Waals surface area contributed by atoms with Gasteiger partial charge in [-0.1, -0.05) is 115 Å². The van der Waals surface area contributed by atoms with Crippen LogP contribution in [0.15, 0.2) is 231 Å². The molecule has 0 fully saturated rings. The lowest BCUT2D eigenvalue weighted by atomic mass is 10.1. The molecule has 0 aliphatic carbocycles. The summed E-state index contributed by atoms with van der Waals surface area (Å²) in [6.07, 6.45) is 0. The van der Waals surface area contributed by atoms with Gasteiger partial charge < -0.3 is 19.3 Å². The zero-order valence-corrected chi connectivity index (χ0v) is 35.0. The van der Waals surface area contributed by atoms with Crippen LogP contribution in [0.4, 0.5) is 51.2 Å². The standard InChI is InChI=1S/C58H38N4S/c1-4-18-41(19-5-1)59(45-32-33-56-50(38-45)49-24-12-13-29-55(49)63-56)46-35-47-37-48(36-46)61(43-22-8-3-9-23-43)52-26-15-28-54-58(52)57-51(60(47)42-20-6-2-7-21-42)25-14-27-53(57)62(54)44-31-30-39-16-10-11-17-40(39)34-44/h1-38H. The van der Waals surface area contributed by atoms with E-state index in [4.69, 9.17) is 0 Å². The molecule has 0 unspecified atom stereocenters. The minimum absolute atomic E-state index is 1.06. The van der Waals surface area contributed by atoms with Gasteiger partial charge >= 0.3 is 0 Å². The molecule has 13 rings (SSSR count). The Kier molecular flexibility index (Phi) is 8.05. The average Bonchev–Trinajstić information content (AvgIpc) is 3.90. The topological polar surface area (TPSA) is 14.7 Å². The first-order chi connectivity index (χ1) is 31.2. The van der Waals surface area contributed by atoms with Gasteiger partial charge in [-0.15, -0.1) is 11.3 Å². The van der Waals surface area contributed by atoms with Gasteiger partial charge in [-0.2, -0.15) is 0 Å². The van der Waals surface area contributed by atoms with Gasteiger partial charge in [0.2, 0.25) is 0 Å². The number of anilines is 9. The average molecular weight is 823 g/mol. The molecule has 0 radical (unpaired) electrons. The smallest absolute Gasteiger partial charge is 0.0563 e. The Morgan fingerprint density at radius 1 is 0.317 bits per heavy atom. The molecule has 1 aliphatic rings. The van der Waals surface area contributed by atoms with Crippen molar-refractivity contribution >= 4 is 115 Å². The van der Waals surface area contributed by atoms with Crippen molar-refractivity contribution in [2.75, 3.05) is 14.7 Å². The van der Waals surface area contributed by atoms with Crippen LogP contribution in [0.25, 0.3) is 58.4 Å². The predicted molar refractivity (Wildman–Crippen MR) is 269 cm³/mol. The molecule has 10 aromatic carbocycles. The maximum atomic E-state index is 2.46. The van der Waals surface area contributed by atoms with Crippen LogP contribution in [-0.4, -0.2) is 4.57 Å². The van der Waals surface area contributed by atoms with Gasteiger partial charge in [0.05, 0.1) is 39.5 Å². The first-order valence-electron chi connectivity index (χ1n) is 21.4. The van der Waals surface area contributed by atoms with E-state index in [2.05, 4.69) is 250 Å². The molecule has 0 N–H and O–H groups in total. The van der Waals surface area contributed by atoms with Crippen LogP contribution in [0, 0.1) is 0 Å². The second-order valence-electron chi connectivity index (χ2n) is 16.2. The van der Waals surface area contributed by atoms with Crippen LogP contribution >= 0.6 is 11.3 Å². The van der Waals surface area contributed by atoms with Crippen molar-refractivity contribution in [2.45, 2.75) is 0 Å². The Balaban J connectivity index is 1.14. The molecule has 1 aliphatic heterocycles. The number of thiophene rings is 1. The number of hydrogen-bond acceptors (Lipinski definition) is 4. The van der Waals surface area contributed by atoms with E-state index >= 15 is 0 Å². The van der Waals surface area contributed by atoms with E-state index in [0.717, 1.165) is 67.9 Å². The second kappa shape index (κ2) is 14.2. The number of benzene rings is 10. The summed E-state index contributed by atoms with van der Waals surface area (Å²) in [4.78, 5) is 7.35. The van der Waals surface area contributed by atoms with E-state index in [1.807, 2.05) is 11.3 Å². The third-order valence-corrected chi connectivity index (χ3v) is 13.7. The van der Waals surface area contributed by atoms with Gasteiger partial charge in [0, 0.05) is 59.4 Å². The fourth-order valence-corrected chi connectivity index (χ4v) is 11.0. The highest BCUT2D eigenvalue weighted by molar-refractivity contribution is 7.25. The zero-order valence-electron chi connectivity index (χ0n) is 34.1. The zero-order chi connectivity index (χ0) is 41.4. The first-order valence-corrected chi connectivity index (χ1v) is 22.2. The quantitative estimate of drug-likeness (QED) is 0.166. The van der Waals surface area contributed by atoms with Crippen LogP contribution in [0.5, 0.6) is 0 Å². The molecule has 296 valence electrons. The molecule has 0 saturated carbocycles. The Morgan fingerprint density at radius 3 is 1.56 bits per heavy atom. The summed E-state index contributed by atoms with van der Waals surface area (Å²) >= 11 is 1.85. The molecule has 0 amide bonds. The largest absolute Gasteiger partial charge is 0.310 e. The van der Waals surface area contributed by atoms with Crippen molar-refractivity contribution in [1.82, 2.24) is 4.57 Å². The molecular weight excluding hydrogens is 785 g/mol. The number of para-hydroxylation sites is 3. The lowest BCUT2D eigenvalue weighted by Gasteiger charge is -2.32. The third-order valence-electron chi connectivity index (χ3n) is 12.6. The molecule has 2 bridgehead atoms. The summed E-state index contributed by atoms with van der Waals surface area (Å²) in [6.45, 7) is 0. The molecule has 0 spiro atoms. The summed E-state index contributed by atoms with van der Waals surface area (Å²) in [6, 6.07) is 84.4. The van der Waals surface area contributed by atoms with E-state index in [1.165, 1.54) is 41.7 Å². The molecule has 5 heteroatoms. The third kappa shape index (κ3) is 5.67. The van der Waals surface area contributed by atoms with Crippen molar-refractivity contribution < 1.29 is 0 Å². The summed E-state index contributed by atoms with van der Waals surface area (Å²) in [5.41, 5.74) is 13.2. The highest BCUT2D eigenvalue weighted by atomic mass is 32.1. The molecular formula is C58H38N4S. The normalized spacial score (nSPS) is 12.4. The van der Waals surface area contributed by atoms with Crippen molar-refractivity contribution in [3.63, 3.8) is 0 Å². The fourth-order valence-electron chi connectivity index (χ4n) is 9.89. The van der Waals surface area contributed by atoms with Crippen LogP contribution < -0.4 is 14.7 Å². The maximum Gasteiger partial charge on any atom is 0.0563 e. The summed E-state index contributed by atoms with van der Waals surface area (Å²) < 4.78 is 5.04. The fraction of sp³-hybridized carbons (Fsp3) is 0. The molecule has 2 aromatic heterocycles. The van der Waals surface area contributed by atoms with Gasteiger partial charge in [-0.05, 0) is 126 Å². The minimum Gasteiger partial charge on any atom is -0.310 e. The minimum atomic E-state index is 1.06. The molecule has 63 heavy (non-hydrogen) atoms. The Bertz CT molecular complexity index is 3580. The summed E-state index contributed by atoms with van der Waals surface area (Å²) in [7, 11) is 0. The van der Waals surface area contributed by atoms with Crippen molar-refractivity contribution in [3.05, 3.63) is 231 Å². The lowest BCUT2D eigenvalue weighted by Crippen LogP contribution is -2.15. The number of fused-ring (bicyclic) bond motifs is 6. The first kappa shape index (κ1) is 35.6. The van der Waals surface area contributed by atoms with Crippen LogP contribution in [0.2, 0.25) is 0 Å². The van der Waals surface area contributed by atoms with E-state index in [-0.39, 0.29) is 0 Å². The highest BCUT2D eigenvalue weighted by Gasteiger charge is 2.29. The van der Waals surface area contributed by atoms with Crippen molar-refractivity contribution in [1.29, 1.82) is 0 Å². The Hall–Kier alpha value is -8.12. The molecule has 12 aromatic rings. The van der Waals surface area contributed by atoms with Gasteiger partial charge in [-0.3, -0.25) is 0 Å². The van der Waals surface area contributed by atoms with E-state index in [9.17, 15) is 0 Å². The SMILES string of the molecule is c1ccc(N(c2cc3cc(c2)N(c2ccccc2)c2cccc4c2c2c(cccc2n4-c2ccc4ccccc4c2)N3c2ccccc2)c2ccc3sc4ccccc4c3c2)cc1. The summed E-state index contributed by atoms with van der Waals surface area (Å²) in [5, 5.41) is 7.38. The van der Waals surface area contributed by atoms with Crippen LogP contribution in [0.1, 0.15) is 0 Å². The van der Waals surface area contributed by atoms with Crippen molar-refractivity contribution in [2.24, 2.45) is 0 Å². The van der Waals surface area contributed by atoms with Crippen LogP contribution in [0.3, 0.4) is 0 Å². The summed E-state index contributed by atoms with van der Waals surface area (Å²) in [5.74, 6) is 0. The number of hydrogen-bond donors (Lipinski definition) is 0. The molecule has 3 heterocycles. The lowest BCUT2D eigenvalue weighted by molar-refractivity contribution is 1.18. The van der Waals surface area contributed by atoms with E-state index in [1.54, 1.807) is 0 Å². The van der Waals surface area contributed by atoms with Gasteiger partial charge in [0.15, 0.2) is 0 Å². The van der Waals surface area contributed by atoms with Crippen molar-refractivity contribution in [3.8, 4) is 5.69 Å². The monoisotopic (exact) mass is 822 g/mol. The van der Waals surface area contributed by atoms with E-state index in [0.29, 0.717) is 0 Å². The molecule has 4 nitrogen and oxygen atoms in total. The van der Waals surface area contributed by atoms with Gasteiger partial charge in [-0.25, -0.2) is 0 Å². The Labute approximate surface area is 369 Å². The molecule has 0 atom stereocenters. The number of rotatable bonds is 6. The van der Waals surface area contributed by atoms with Gasteiger partial charge in [0.1, 0.15) is 0 Å². The van der Waals surface area contributed by atoms with E-state index < -0.39 is 0 Å². The molecule has 0 saturated heterocycles. The number of nitrogens with zero attached hydrogens (tertiary/aromatic N) is 4. The maximum absolute atomic E-state index is 2.46. The number of aromatic nitrogens is 1. The second-order valence-corrected chi connectivity index (χ2v) is 17.3. The van der Waals surface area contributed by atoms with Crippen LogP contribution in [-0.2, 0) is 0 Å².